The van der Waals surface area contributed by atoms with Crippen LogP contribution in [0.3, 0.4) is 0 Å². The van der Waals surface area contributed by atoms with E-state index in [4.69, 9.17) is 37.4 Å². The monoisotopic (exact) mass is 694 g/mol. The van der Waals surface area contributed by atoms with Crippen molar-refractivity contribution in [3.63, 3.8) is 0 Å². The molecule has 0 atom stereocenters. The molecule has 0 saturated heterocycles. The highest BCUT2D eigenvalue weighted by Crippen LogP contribution is 2.37. The molecular formula is C30H25Cl2FN2O8S2. The summed E-state index contributed by atoms with van der Waals surface area (Å²) in [4.78, 5) is 37.0. The van der Waals surface area contributed by atoms with Gasteiger partial charge in [-0.2, -0.15) is 0 Å². The smallest absolute Gasteiger partial charge is 0.343 e. The Balaban J connectivity index is 1.58. The maximum Gasteiger partial charge on any atom is 0.343 e. The van der Waals surface area contributed by atoms with E-state index in [1.165, 1.54) is 51.4 Å². The number of ketones is 1. The van der Waals surface area contributed by atoms with Crippen molar-refractivity contribution in [3.8, 4) is 17.2 Å². The van der Waals surface area contributed by atoms with Crippen LogP contribution in [0, 0.1) is 5.82 Å². The van der Waals surface area contributed by atoms with Crippen molar-refractivity contribution in [2.45, 2.75) is 18.7 Å². The van der Waals surface area contributed by atoms with E-state index < -0.39 is 32.6 Å². The number of benzene rings is 3. The third-order valence-electron chi connectivity index (χ3n) is 6.25. The number of ether oxygens (including phenoxy) is 3. The van der Waals surface area contributed by atoms with Gasteiger partial charge in [0.15, 0.2) is 17.3 Å². The van der Waals surface area contributed by atoms with Crippen LogP contribution in [0.25, 0.3) is 0 Å². The summed E-state index contributed by atoms with van der Waals surface area (Å²) in [6.07, 6.45) is 0. The number of thiophene rings is 1. The summed E-state index contributed by atoms with van der Waals surface area (Å²) in [5.74, 6) is -2.34. The highest BCUT2D eigenvalue weighted by molar-refractivity contribution is 7.93. The highest BCUT2D eigenvalue weighted by Gasteiger charge is 2.31. The van der Waals surface area contributed by atoms with Crippen molar-refractivity contribution in [2.24, 2.45) is 0 Å². The number of sulfonamides is 1. The average molecular weight is 696 g/mol. The van der Waals surface area contributed by atoms with Gasteiger partial charge in [0.1, 0.15) is 21.3 Å². The van der Waals surface area contributed by atoms with Crippen molar-refractivity contribution in [3.05, 3.63) is 91.8 Å². The molecule has 4 aromatic rings. The minimum atomic E-state index is -4.34. The van der Waals surface area contributed by atoms with Gasteiger partial charge >= 0.3 is 5.97 Å². The van der Waals surface area contributed by atoms with Crippen molar-refractivity contribution in [1.29, 1.82) is 0 Å². The van der Waals surface area contributed by atoms with Crippen molar-refractivity contribution < 1.29 is 41.4 Å². The first kappa shape index (κ1) is 33.7. The Kier molecular flexibility index (Phi) is 10.4. The number of carbonyl (C=O) groups excluding carboxylic acids is 3. The Bertz CT molecular complexity index is 1910. The van der Waals surface area contributed by atoms with E-state index in [-0.39, 0.29) is 48.3 Å². The lowest BCUT2D eigenvalue weighted by Crippen LogP contribution is -2.28. The fourth-order valence-corrected chi connectivity index (χ4v) is 7.27. The van der Waals surface area contributed by atoms with E-state index in [1.807, 2.05) is 0 Å². The summed E-state index contributed by atoms with van der Waals surface area (Å²) in [6, 6.07) is 12.6. The maximum atomic E-state index is 14.5. The molecule has 1 heterocycles. The number of anilines is 2. The van der Waals surface area contributed by atoms with Crippen LogP contribution in [0.2, 0.25) is 9.36 Å². The van der Waals surface area contributed by atoms with Gasteiger partial charge in [-0.05, 0) is 62.4 Å². The van der Waals surface area contributed by atoms with Gasteiger partial charge in [-0.15, -0.1) is 11.3 Å². The molecule has 10 nitrogen and oxygen atoms in total. The lowest BCUT2D eigenvalue weighted by Gasteiger charge is -2.21. The molecule has 0 aliphatic rings. The number of nitrogens with one attached hydrogen (secondary N) is 1. The number of nitrogens with zero attached hydrogens (tertiary/aromatic N) is 1. The first-order valence-corrected chi connectivity index (χ1v) is 16.0. The van der Waals surface area contributed by atoms with Crippen LogP contribution in [0.15, 0.2) is 65.6 Å². The molecule has 3 aromatic carbocycles. The summed E-state index contributed by atoms with van der Waals surface area (Å²) in [7, 11) is -1.64. The number of carbonyl (C=O) groups is 3. The number of amides is 1. The Morgan fingerprint density at radius 1 is 1.00 bits per heavy atom. The van der Waals surface area contributed by atoms with Crippen molar-refractivity contribution in [1.82, 2.24) is 0 Å². The van der Waals surface area contributed by atoms with Crippen molar-refractivity contribution in [2.75, 3.05) is 30.4 Å². The Hall–Kier alpha value is -4.17. The summed E-state index contributed by atoms with van der Waals surface area (Å²) >= 11 is 12.9. The number of hydrogen-bond donors (Lipinski definition) is 1. The predicted molar refractivity (Wildman–Crippen MR) is 170 cm³/mol. The van der Waals surface area contributed by atoms with Gasteiger partial charge in [0.25, 0.3) is 15.9 Å². The minimum Gasteiger partial charge on any atom is -0.493 e. The fourth-order valence-electron chi connectivity index (χ4n) is 4.09. The van der Waals surface area contributed by atoms with E-state index in [9.17, 15) is 27.2 Å². The third kappa shape index (κ3) is 7.56. The van der Waals surface area contributed by atoms with Gasteiger partial charge in [0.05, 0.1) is 34.3 Å². The average Bonchev–Trinajstić information content (AvgIpc) is 3.39. The zero-order chi connectivity index (χ0) is 33.1. The summed E-state index contributed by atoms with van der Waals surface area (Å²) in [5, 5.41) is 2.48. The summed E-state index contributed by atoms with van der Waals surface area (Å²) in [5.41, 5.74) is 0.0230. The molecule has 0 bridgehead atoms. The zero-order valence-corrected chi connectivity index (χ0v) is 27.3. The number of Topliss-reactive ketones (excluding diaryl/α,β-unsaturated/α-hetero) is 1. The number of hydrogen-bond acceptors (Lipinski definition) is 9. The van der Waals surface area contributed by atoms with Crippen LogP contribution in [-0.2, 0) is 10.0 Å². The van der Waals surface area contributed by atoms with Crippen LogP contribution in [0.5, 0.6) is 17.2 Å². The van der Waals surface area contributed by atoms with Gasteiger partial charge in [-0.3, -0.25) is 13.9 Å². The maximum absolute atomic E-state index is 14.5. The second kappa shape index (κ2) is 13.9. The van der Waals surface area contributed by atoms with Gasteiger partial charge in [0, 0.05) is 30.4 Å². The molecule has 0 spiro atoms. The highest BCUT2D eigenvalue weighted by atomic mass is 35.5. The molecule has 0 aliphatic carbocycles. The van der Waals surface area contributed by atoms with E-state index in [0.717, 1.165) is 28.6 Å². The number of rotatable bonds is 11. The van der Waals surface area contributed by atoms with Gasteiger partial charge in [0.2, 0.25) is 0 Å². The van der Waals surface area contributed by atoms with Gasteiger partial charge in [-0.25, -0.2) is 17.6 Å². The van der Waals surface area contributed by atoms with E-state index in [1.54, 1.807) is 13.0 Å². The molecule has 0 saturated carbocycles. The normalized spacial score (nSPS) is 11.1. The largest absolute Gasteiger partial charge is 0.493 e. The molecule has 0 fully saturated rings. The first-order valence-electron chi connectivity index (χ1n) is 13.0. The second-order valence-electron chi connectivity index (χ2n) is 9.25. The number of esters is 1. The molecule has 236 valence electrons. The molecular weight excluding hydrogens is 670 g/mol. The van der Waals surface area contributed by atoms with Crippen LogP contribution in [-0.4, -0.2) is 46.8 Å². The van der Waals surface area contributed by atoms with Gasteiger partial charge < -0.3 is 19.5 Å². The van der Waals surface area contributed by atoms with Crippen LogP contribution >= 0.6 is 34.5 Å². The molecule has 0 radical (unpaired) electrons. The minimum absolute atomic E-state index is 0.00203. The van der Waals surface area contributed by atoms with E-state index >= 15 is 0 Å². The number of methoxy groups -OCH3 is 1. The molecule has 1 amide bonds. The Labute approximate surface area is 272 Å². The lowest BCUT2D eigenvalue weighted by molar-refractivity contribution is 0.0733. The fraction of sp³-hybridized carbons (Fsp3) is 0.167. The molecule has 0 unspecified atom stereocenters. The summed E-state index contributed by atoms with van der Waals surface area (Å²) in [6.45, 7) is 3.49. The molecule has 15 heteroatoms. The topological polar surface area (TPSA) is 128 Å². The SMILES string of the molecule is CCOc1ccc(N(C)S(=O)(=O)c2cc(Cl)sc2C(=O)Nc2cc(F)cc(C(=O)Oc3ccc(C(C)=O)c(Cl)c3)c2)cc1OC. The Morgan fingerprint density at radius 3 is 2.38 bits per heavy atom. The third-order valence-corrected chi connectivity index (χ3v) is 9.76. The van der Waals surface area contributed by atoms with Crippen LogP contribution in [0.1, 0.15) is 44.2 Å². The molecule has 1 aromatic heterocycles. The zero-order valence-electron chi connectivity index (χ0n) is 24.1. The molecule has 4 rings (SSSR count). The van der Waals surface area contributed by atoms with E-state index in [2.05, 4.69) is 5.32 Å². The summed E-state index contributed by atoms with van der Waals surface area (Å²) < 4.78 is 58.9. The van der Waals surface area contributed by atoms with E-state index in [0.29, 0.717) is 29.4 Å². The number of halogens is 3. The van der Waals surface area contributed by atoms with Crippen LogP contribution < -0.4 is 23.8 Å². The lowest BCUT2D eigenvalue weighted by atomic mass is 10.1. The van der Waals surface area contributed by atoms with Gasteiger partial charge in [-0.1, -0.05) is 23.2 Å². The van der Waals surface area contributed by atoms with Crippen LogP contribution in [0.4, 0.5) is 15.8 Å². The predicted octanol–water partition coefficient (Wildman–Crippen LogP) is 7.10. The second-order valence-corrected chi connectivity index (χ2v) is 13.3. The molecule has 0 aliphatic heterocycles. The molecule has 1 N–H and O–H groups in total. The van der Waals surface area contributed by atoms with Crippen molar-refractivity contribution >= 4 is 73.6 Å². The molecule has 45 heavy (non-hydrogen) atoms. The Morgan fingerprint density at radius 2 is 1.73 bits per heavy atom. The standard InChI is InChI=1S/C30H25Cl2FN2O8S2/c1-5-42-24-9-6-20(13-25(24)41-4)35(3)45(39,40)26-15-27(32)44-28(26)29(37)34-19-11-17(10-18(33)12-19)30(38)43-21-7-8-22(16(2)36)23(31)14-21/h6-15H,5H2,1-4H3,(H,34,37). The first-order chi connectivity index (χ1) is 21.2. The quantitative estimate of drug-likeness (QED) is 0.100.